The van der Waals surface area contributed by atoms with Crippen LogP contribution in [0.1, 0.15) is 38.5 Å². The third-order valence-corrected chi connectivity index (χ3v) is 3.83. The zero-order valence-electron chi connectivity index (χ0n) is 10.8. The Labute approximate surface area is 108 Å². The van der Waals surface area contributed by atoms with Crippen molar-refractivity contribution in [2.24, 2.45) is 0 Å². The number of nitrogens with zero attached hydrogens (tertiary/aromatic N) is 2. The van der Waals surface area contributed by atoms with Crippen molar-refractivity contribution in [3.8, 4) is 0 Å². The molecule has 0 aromatic rings. The van der Waals surface area contributed by atoms with Gasteiger partial charge in [0.15, 0.2) is 0 Å². The first-order valence-corrected chi connectivity index (χ1v) is 6.93. The summed E-state index contributed by atoms with van der Waals surface area (Å²) in [5.74, 6) is 0.222. The standard InChI is InChI=1S/C13H22N2O3/c16-9-5-1-3-7-14-10-12(17)15-8-4-2-6-11(15)13(14)18/h11,16H,1-10H2. The highest BCUT2D eigenvalue weighted by Gasteiger charge is 2.39. The van der Waals surface area contributed by atoms with Gasteiger partial charge < -0.3 is 14.9 Å². The maximum atomic E-state index is 12.3. The Kier molecular flexibility index (Phi) is 4.58. The van der Waals surface area contributed by atoms with Crippen LogP contribution in [0.4, 0.5) is 0 Å². The maximum absolute atomic E-state index is 12.3. The monoisotopic (exact) mass is 254 g/mol. The quantitative estimate of drug-likeness (QED) is 0.721. The molecule has 1 unspecified atom stereocenters. The van der Waals surface area contributed by atoms with Gasteiger partial charge in [-0.25, -0.2) is 0 Å². The Morgan fingerprint density at radius 1 is 1.17 bits per heavy atom. The minimum absolute atomic E-state index is 0.0986. The summed E-state index contributed by atoms with van der Waals surface area (Å²) in [6, 6.07) is -0.196. The molecule has 2 fully saturated rings. The lowest BCUT2D eigenvalue weighted by Crippen LogP contribution is -2.61. The summed E-state index contributed by atoms with van der Waals surface area (Å²) in [7, 11) is 0. The van der Waals surface area contributed by atoms with Gasteiger partial charge >= 0.3 is 0 Å². The maximum Gasteiger partial charge on any atom is 0.245 e. The third-order valence-electron chi connectivity index (χ3n) is 3.83. The summed E-state index contributed by atoms with van der Waals surface area (Å²) in [6.07, 6.45) is 5.42. The molecule has 1 atom stereocenters. The van der Waals surface area contributed by atoms with E-state index in [4.69, 9.17) is 5.11 Å². The number of unbranched alkanes of at least 4 members (excludes halogenated alkanes) is 2. The molecule has 5 nitrogen and oxygen atoms in total. The van der Waals surface area contributed by atoms with Crippen LogP contribution < -0.4 is 0 Å². The number of hydrogen-bond donors (Lipinski definition) is 1. The van der Waals surface area contributed by atoms with Gasteiger partial charge in [-0.3, -0.25) is 9.59 Å². The van der Waals surface area contributed by atoms with Gasteiger partial charge in [0.25, 0.3) is 0 Å². The normalized spacial score (nSPS) is 24.4. The SMILES string of the molecule is O=C1C2CCCCN2C(=O)CN1CCCCCO. The van der Waals surface area contributed by atoms with Crippen molar-refractivity contribution in [1.29, 1.82) is 0 Å². The van der Waals surface area contributed by atoms with Crippen molar-refractivity contribution in [2.75, 3.05) is 26.2 Å². The Morgan fingerprint density at radius 3 is 2.78 bits per heavy atom. The lowest BCUT2D eigenvalue weighted by atomic mass is 9.98. The molecule has 102 valence electrons. The summed E-state index contributed by atoms with van der Waals surface area (Å²) in [5.41, 5.74) is 0. The number of carbonyl (C=O) groups excluding carboxylic acids is 2. The molecular formula is C13H22N2O3. The van der Waals surface area contributed by atoms with Crippen LogP contribution in [-0.2, 0) is 9.59 Å². The van der Waals surface area contributed by atoms with Crippen molar-refractivity contribution in [1.82, 2.24) is 9.80 Å². The lowest BCUT2D eigenvalue weighted by molar-refractivity contribution is -0.157. The second kappa shape index (κ2) is 6.18. The summed E-state index contributed by atoms with van der Waals surface area (Å²) in [4.78, 5) is 27.7. The van der Waals surface area contributed by atoms with E-state index in [0.717, 1.165) is 45.1 Å². The fourth-order valence-electron chi connectivity index (χ4n) is 2.81. The van der Waals surface area contributed by atoms with Gasteiger partial charge in [0.2, 0.25) is 11.8 Å². The van der Waals surface area contributed by atoms with E-state index in [1.165, 1.54) is 0 Å². The predicted octanol–water partition coefficient (Wildman–Crippen LogP) is 0.372. The highest BCUT2D eigenvalue weighted by molar-refractivity contribution is 5.95. The number of piperazine rings is 1. The summed E-state index contributed by atoms with van der Waals surface area (Å²) in [5, 5.41) is 8.71. The molecule has 2 heterocycles. The fourth-order valence-corrected chi connectivity index (χ4v) is 2.81. The minimum atomic E-state index is -0.196. The largest absolute Gasteiger partial charge is 0.396 e. The number of aliphatic hydroxyl groups excluding tert-OH is 1. The number of fused-ring (bicyclic) bond motifs is 1. The summed E-state index contributed by atoms with van der Waals surface area (Å²) < 4.78 is 0. The van der Waals surface area contributed by atoms with Gasteiger partial charge in [0.1, 0.15) is 6.04 Å². The van der Waals surface area contributed by atoms with E-state index in [1.807, 2.05) is 0 Å². The van der Waals surface area contributed by atoms with E-state index in [0.29, 0.717) is 6.54 Å². The Balaban J connectivity index is 1.88. The van der Waals surface area contributed by atoms with Gasteiger partial charge in [-0.1, -0.05) is 0 Å². The van der Waals surface area contributed by atoms with Crippen LogP contribution in [0.15, 0.2) is 0 Å². The van der Waals surface area contributed by atoms with Crippen LogP contribution >= 0.6 is 0 Å². The van der Waals surface area contributed by atoms with E-state index in [-0.39, 0.29) is 31.0 Å². The number of hydrogen-bond acceptors (Lipinski definition) is 3. The molecule has 0 bridgehead atoms. The second-order valence-electron chi connectivity index (χ2n) is 5.14. The van der Waals surface area contributed by atoms with Gasteiger partial charge in [-0.05, 0) is 38.5 Å². The lowest BCUT2D eigenvalue weighted by Gasteiger charge is -2.42. The molecular weight excluding hydrogens is 232 g/mol. The Bertz CT molecular complexity index is 319. The smallest absolute Gasteiger partial charge is 0.245 e. The average Bonchev–Trinajstić information content (AvgIpc) is 2.40. The third kappa shape index (κ3) is 2.83. The number of piperidine rings is 1. The molecule has 0 aromatic heterocycles. The first kappa shape index (κ1) is 13.3. The molecule has 2 saturated heterocycles. The van der Waals surface area contributed by atoms with Crippen LogP contribution in [0.3, 0.4) is 0 Å². The van der Waals surface area contributed by atoms with Gasteiger partial charge in [-0.2, -0.15) is 0 Å². The molecule has 2 amide bonds. The van der Waals surface area contributed by atoms with Crippen LogP contribution in [-0.4, -0.2) is 59.0 Å². The number of rotatable bonds is 5. The molecule has 2 aliphatic heterocycles. The van der Waals surface area contributed by atoms with Crippen molar-refractivity contribution in [3.63, 3.8) is 0 Å². The predicted molar refractivity (Wildman–Crippen MR) is 66.9 cm³/mol. The van der Waals surface area contributed by atoms with Gasteiger partial charge in [0, 0.05) is 19.7 Å². The van der Waals surface area contributed by atoms with E-state index in [9.17, 15) is 9.59 Å². The van der Waals surface area contributed by atoms with E-state index in [1.54, 1.807) is 9.80 Å². The Morgan fingerprint density at radius 2 is 2.00 bits per heavy atom. The zero-order chi connectivity index (χ0) is 13.0. The van der Waals surface area contributed by atoms with Crippen LogP contribution in [0.2, 0.25) is 0 Å². The number of amides is 2. The second-order valence-corrected chi connectivity index (χ2v) is 5.14. The van der Waals surface area contributed by atoms with Gasteiger partial charge in [-0.15, -0.1) is 0 Å². The van der Waals surface area contributed by atoms with Crippen LogP contribution in [0.5, 0.6) is 0 Å². The van der Waals surface area contributed by atoms with E-state index < -0.39 is 0 Å². The molecule has 0 aromatic carbocycles. The molecule has 18 heavy (non-hydrogen) atoms. The molecule has 5 heteroatoms. The average molecular weight is 254 g/mol. The van der Waals surface area contributed by atoms with Crippen LogP contribution in [0.25, 0.3) is 0 Å². The molecule has 0 spiro atoms. The Hall–Kier alpha value is -1.10. The van der Waals surface area contributed by atoms with Gasteiger partial charge in [0.05, 0.1) is 6.54 Å². The van der Waals surface area contributed by atoms with Crippen LogP contribution in [0, 0.1) is 0 Å². The van der Waals surface area contributed by atoms with Crippen molar-refractivity contribution in [2.45, 2.75) is 44.6 Å². The summed E-state index contributed by atoms with van der Waals surface area (Å²) in [6.45, 7) is 1.83. The highest BCUT2D eigenvalue weighted by atomic mass is 16.3. The first-order valence-electron chi connectivity index (χ1n) is 6.93. The number of carbonyl (C=O) groups is 2. The zero-order valence-corrected chi connectivity index (χ0v) is 10.8. The van der Waals surface area contributed by atoms with Crippen molar-refractivity contribution >= 4 is 11.8 Å². The topological polar surface area (TPSA) is 60.9 Å². The molecule has 2 aliphatic rings. The van der Waals surface area contributed by atoms with Crippen molar-refractivity contribution < 1.29 is 14.7 Å². The van der Waals surface area contributed by atoms with E-state index >= 15 is 0 Å². The minimum Gasteiger partial charge on any atom is -0.396 e. The first-order chi connectivity index (χ1) is 8.74. The van der Waals surface area contributed by atoms with E-state index in [2.05, 4.69) is 0 Å². The molecule has 1 N–H and O–H groups in total. The molecule has 0 aliphatic carbocycles. The summed E-state index contributed by atoms with van der Waals surface area (Å²) >= 11 is 0. The number of aliphatic hydroxyl groups is 1. The van der Waals surface area contributed by atoms with Crippen molar-refractivity contribution in [3.05, 3.63) is 0 Å². The molecule has 0 saturated carbocycles. The molecule has 2 rings (SSSR count). The fraction of sp³-hybridized carbons (Fsp3) is 0.846. The molecule has 0 radical (unpaired) electrons. The highest BCUT2D eigenvalue weighted by Crippen LogP contribution is 2.23.